The number of nitriles is 1. The normalized spacial score (nSPS) is 13.2. The molecule has 4 heteroatoms. The smallest absolute Gasteiger partial charge is 0.186 e. The summed E-state index contributed by atoms with van der Waals surface area (Å²) in [5.74, 6) is 0. The molecule has 16 heavy (non-hydrogen) atoms. The van der Waals surface area contributed by atoms with Gasteiger partial charge in [0.15, 0.2) is 14.4 Å². The van der Waals surface area contributed by atoms with Gasteiger partial charge in [0.25, 0.3) is 0 Å². The van der Waals surface area contributed by atoms with Gasteiger partial charge in [-0.1, -0.05) is 23.7 Å². The second-order valence-corrected chi connectivity index (χ2v) is 9.62. The van der Waals surface area contributed by atoms with Crippen molar-refractivity contribution >= 4 is 19.9 Å². The Morgan fingerprint density at radius 2 is 2.00 bits per heavy atom. The number of halogens is 1. The van der Waals surface area contributed by atoms with E-state index in [0.29, 0.717) is 5.02 Å². The lowest BCUT2D eigenvalue weighted by Gasteiger charge is -2.22. The van der Waals surface area contributed by atoms with E-state index in [2.05, 4.69) is 25.7 Å². The van der Waals surface area contributed by atoms with Crippen molar-refractivity contribution in [1.82, 2.24) is 0 Å². The third kappa shape index (κ3) is 3.64. The monoisotopic (exact) mass is 253 g/mol. The predicted octanol–water partition coefficient (Wildman–Crippen LogP) is 4.06. The fraction of sp³-hybridized carbons (Fsp3) is 0.417. The summed E-state index contributed by atoms with van der Waals surface area (Å²) >= 11 is 6.03. The van der Waals surface area contributed by atoms with Crippen molar-refractivity contribution in [3.05, 3.63) is 34.3 Å². The molecule has 86 valence electrons. The number of nitrogens with zero attached hydrogens (tertiary/aromatic N) is 1. The Balaban J connectivity index is 2.97. The largest absolute Gasteiger partial charge is 0.399 e. The van der Waals surface area contributed by atoms with E-state index < -0.39 is 14.4 Å². The van der Waals surface area contributed by atoms with Gasteiger partial charge in [-0.2, -0.15) is 5.26 Å². The molecule has 0 fully saturated rings. The Morgan fingerprint density at radius 3 is 2.44 bits per heavy atom. The highest BCUT2D eigenvalue weighted by atomic mass is 35.5. The standard InChI is InChI=1S/C12H16ClNOSi/c1-9-5-6-10(7-11(9)13)12(8-14)15-16(2,3)4/h5-7,12H,1-4H3. The third-order valence-electron chi connectivity index (χ3n) is 2.09. The van der Waals surface area contributed by atoms with Gasteiger partial charge in [-0.15, -0.1) is 0 Å². The van der Waals surface area contributed by atoms with Crippen LogP contribution in [0.25, 0.3) is 0 Å². The number of hydrogen-bond acceptors (Lipinski definition) is 2. The molecule has 1 rings (SSSR count). The molecule has 1 atom stereocenters. The first-order chi connectivity index (χ1) is 7.33. The third-order valence-corrected chi connectivity index (χ3v) is 3.44. The average Bonchev–Trinajstić information content (AvgIpc) is 2.17. The van der Waals surface area contributed by atoms with Gasteiger partial charge in [-0.25, -0.2) is 0 Å². The highest BCUT2D eigenvalue weighted by molar-refractivity contribution is 6.69. The molecule has 0 aliphatic carbocycles. The van der Waals surface area contributed by atoms with Crippen LogP contribution in [0.4, 0.5) is 0 Å². The summed E-state index contributed by atoms with van der Waals surface area (Å²) in [5, 5.41) is 9.78. The zero-order chi connectivity index (χ0) is 12.3. The fourth-order valence-electron chi connectivity index (χ4n) is 1.29. The average molecular weight is 254 g/mol. The van der Waals surface area contributed by atoms with Gasteiger partial charge in [-0.05, 0) is 43.8 Å². The Kier molecular flexibility index (Phi) is 4.14. The Labute approximate surface area is 103 Å². The number of rotatable bonds is 3. The van der Waals surface area contributed by atoms with Gasteiger partial charge in [0, 0.05) is 5.02 Å². The van der Waals surface area contributed by atoms with Crippen molar-refractivity contribution in [2.24, 2.45) is 0 Å². The maximum atomic E-state index is 9.11. The molecule has 0 aliphatic rings. The van der Waals surface area contributed by atoms with E-state index in [9.17, 15) is 0 Å². The van der Waals surface area contributed by atoms with E-state index in [0.717, 1.165) is 11.1 Å². The van der Waals surface area contributed by atoms with Crippen molar-refractivity contribution in [1.29, 1.82) is 5.26 Å². The lowest BCUT2D eigenvalue weighted by Crippen LogP contribution is -2.27. The van der Waals surface area contributed by atoms with Crippen LogP contribution in [0.3, 0.4) is 0 Å². The summed E-state index contributed by atoms with van der Waals surface area (Å²) in [6.45, 7) is 8.13. The van der Waals surface area contributed by atoms with Gasteiger partial charge < -0.3 is 4.43 Å². The van der Waals surface area contributed by atoms with Gasteiger partial charge in [0.2, 0.25) is 0 Å². The van der Waals surface area contributed by atoms with Crippen LogP contribution in [0.2, 0.25) is 24.7 Å². The second-order valence-electron chi connectivity index (χ2n) is 4.75. The summed E-state index contributed by atoms with van der Waals surface area (Å²) in [6.07, 6.45) is -0.509. The van der Waals surface area contributed by atoms with Crippen molar-refractivity contribution in [3.63, 3.8) is 0 Å². The van der Waals surface area contributed by atoms with Gasteiger partial charge in [0.05, 0.1) is 6.07 Å². The number of aryl methyl sites for hydroxylation is 1. The SMILES string of the molecule is Cc1ccc(C(C#N)O[Si](C)(C)C)cc1Cl. The van der Waals surface area contributed by atoms with Crippen LogP contribution >= 0.6 is 11.6 Å². The molecular weight excluding hydrogens is 238 g/mol. The molecular formula is C12H16ClNOSi. The molecule has 0 spiro atoms. The minimum absolute atomic E-state index is 0.509. The topological polar surface area (TPSA) is 33.0 Å². The lowest BCUT2D eigenvalue weighted by molar-refractivity contribution is 0.255. The quantitative estimate of drug-likeness (QED) is 0.761. The number of hydrogen-bond donors (Lipinski definition) is 0. The first kappa shape index (κ1) is 13.2. The lowest BCUT2D eigenvalue weighted by atomic mass is 10.1. The van der Waals surface area contributed by atoms with Crippen LogP contribution in [0.5, 0.6) is 0 Å². The molecule has 0 amide bonds. The molecule has 0 saturated heterocycles. The Hall–Kier alpha value is -0.823. The Morgan fingerprint density at radius 1 is 1.38 bits per heavy atom. The van der Waals surface area contributed by atoms with Crippen LogP contribution in [0.1, 0.15) is 17.2 Å². The van der Waals surface area contributed by atoms with Crippen LogP contribution in [0.15, 0.2) is 18.2 Å². The molecule has 0 N–H and O–H groups in total. The van der Waals surface area contributed by atoms with Crippen molar-refractivity contribution < 1.29 is 4.43 Å². The maximum Gasteiger partial charge on any atom is 0.186 e. The van der Waals surface area contributed by atoms with Crippen molar-refractivity contribution in [2.75, 3.05) is 0 Å². The van der Waals surface area contributed by atoms with Crippen LogP contribution in [0, 0.1) is 18.3 Å². The summed E-state index contributed by atoms with van der Waals surface area (Å²) < 4.78 is 5.79. The molecule has 1 aromatic carbocycles. The molecule has 0 bridgehead atoms. The van der Waals surface area contributed by atoms with E-state index >= 15 is 0 Å². The summed E-state index contributed by atoms with van der Waals surface area (Å²) in [4.78, 5) is 0. The van der Waals surface area contributed by atoms with Gasteiger partial charge in [0.1, 0.15) is 0 Å². The summed E-state index contributed by atoms with van der Waals surface area (Å²) in [6, 6.07) is 7.80. The maximum absolute atomic E-state index is 9.11. The summed E-state index contributed by atoms with van der Waals surface area (Å²) in [7, 11) is -1.72. The predicted molar refractivity (Wildman–Crippen MR) is 69.0 cm³/mol. The second kappa shape index (κ2) is 5.01. The minimum Gasteiger partial charge on any atom is -0.399 e. The molecule has 0 saturated carbocycles. The molecule has 0 heterocycles. The molecule has 1 aromatic rings. The van der Waals surface area contributed by atoms with Crippen molar-refractivity contribution in [3.8, 4) is 6.07 Å². The van der Waals surface area contributed by atoms with Crippen LogP contribution in [-0.4, -0.2) is 8.32 Å². The fourth-order valence-corrected chi connectivity index (χ4v) is 2.38. The molecule has 2 nitrogen and oxygen atoms in total. The van der Waals surface area contributed by atoms with E-state index in [4.69, 9.17) is 21.3 Å². The van der Waals surface area contributed by atoms with E-state index in [1.165, 1.54) is 0 Å². The molecule has 1 unspecified atom stereocenters. The van der Waals surface area contributed by atoms with Crippen LogP contribution in [-0.2, 0) is 4.43 Å². The van der Waals surface area contributed by atoms with Gasteiger partial charge >= 0.3 is 0 Å². The van der Waals surface area contributed by atoms with Crippen LogP contribution < -0.4 is 0 Å². The highest BCUT2D eigenvalue weighted by Crippen LogP contribution is 2.25. The minimum atomic E-state index is -1.72. The first-order valence-electron chi connectivity index (χ1n) is 5.17. The zero-order valence-electron chi connectivity index (χ0n) is 10.0. The summed E-state index contributed by atoms with van der Waals surface area (Å²) in [5.41, 5.74) is 1.84. The molecule has 0 radical (unpaired) electrons. The number of benzene rings is 1. The zero-order valence-corrected chi connectivity index (χ0v) is 11.8. The molecule has 0 aromatic heterocycles. The highest BCUT2D eigenvalue weighted by Gasteiger charge is 2.22. The first-order valence-corrected chi connectivity index (χ1v) is 8.95. The van der Waals surface area contributed by atoms with Crippen molar-refractivity contribution in [2.45, 2.75) is 32.7 Å². The van der Waals surface area contributed by atoms with E-state index in [1.54, 1.807) is 0 Å². The Bertz CT molecular complexity index is 420. The van der Waals surface area contributed by atoms with Gasteiger partial charge in [-0.3, -0.25) is 0 Å². The molecule has 0 aliphatic heterocycles. The van der Waals surface area contributed by atoms with E-state index in [1.807, 2.05) is 25.1 Å². The van der Waals surface area contributed by atoms with E-state index in [-0.39, 0.29) is 0 Å².